The number of halogens is 1. The molecule has 1 heterocycles. The molecule has 0 N–H and O–H groups in total. The van der Waals surface area contributed by atoms with Crippen molar-refractivity contribution in [3.63, 3.8) is 0 Å². The number of rotatable bonds is 4. The van der Waals surface area contributed by atoms with Gasteiger partial charge in [0.2, 0.25) is 0 Å². The third kappa shape index (κ3) is 2.93. The summed E-state index contributed by atoms with van der Waals surface area (Å²) < 4.78 is 1.74. The summed E-state index contributed by atoms with van der Waals surface area (Å²) in [7, 11) is 0. The summed E-state index contributed by atoms with van der Waals surface area (Å²) in [5, 5.41) is 15.0. The molecule has 0 radical (unpaired) electrons. The van der Waals surface area contributed by atoms with E-state index in [9.17, 15) is 10.1 Å². The molecule has 5 nitrogen and oxygen atoms in total. The van der Waals surface area contributed by atoms with Gasteiger partial charge in [0.25, 0.3) is 5.69 Å². The van der Waals surface area contributed by atoms with Crippen molar-refractivity contribution in [3.8, 4) is 0 Å². The smallest absolute Gasteiger partial charge is 0.268 e. The zero-order chi connectivity index (χ0) is 14.0. The summed E-state index contributed by atoms with van der Waals surface area (Å²) in [6, 6.07) is 5.07. The zero-order valence-corrected chi connectivity index (χ0v) is 11.5. The Morgan fingerprint density at radius 3 is 2.84 bits per heavy atom. The van der Waals surface area contributed by atoms with E-state index < -0.39 is 0 Å². The minimum Gasteiger partial charge on any atom is -0.268 e. The lowest BCUT2D eigenvalue weighted by Gasteiger charge is -2.06. The Labute approximate surface area is 116 Å². The highest BCUT2D eigenvalue weighted by Gasteiger charge is 2.14. The van der Waals surface area contributed by atoms with Gasteiger partial charge < -0.3 is 0 Å². The van der Waals surface area contributed by atoms with Crippen LogP contribution in [0.5, 0.6) is 0 Å². The van der Waals surface area contributed by atoms with E-state index in [-0.39, 0.29) is 16.0 Å². The molecule has 1 aromatic heterocycles. The van der Waals surface area contributed by atoms with Gasteiger partial charge in [0.1, 0.15) is 0 Å². The molecule has 0 aliphatic carbocycles. The monoisotopic (exact) mass is 279 g/mol. The Balaban J connectivity index is 2.28. The second-order valence-electron chi connectivity index (χ2n) is 4.41. The van der Waals surface area contributed by atoms with Crippen molar-refractivity contribution in [2.75, 3.05) is 0 Å². The van der Waals surface area contributed by atoms with E-state index in [1.165, 1.54) is 6.07 Å². The van der Waals surface area contributed by atoms with Crippen LogP contribution in [0.4, 0.5) is 5.69 Å². The number of alkyl halides is 1. The summed E-state index contributed by atoms with van der Waals surface area (Å²) in [5.41, 5.74) is 2.62. The van der Waals surface area contributed by atoms with E-state index in [2.05, 4.69) is 5.10 Å². The lowest BCUT2D eigenvalue weighted by atomic mass is 10.1. The van der Waals surface area contributed by atoms with Crippen LogP contribution in [0.1, 0.15) is 29.0 Å². The fourth-order valence-electron chi connectivity index (χ4n) is 1.88. The molecule has 2 aromatic rings. The van der Waals surface area contributed by atoms with E-state index in [4.69, 9.17) is 11.6 Å². The molecule has 0 bridgehead atoms. The Morgan fingerprint density at radius 1 is 1.53 bits per heavy atom. The van der Waals surface area contributed by atoms with Gasteiger partial charge in [-0.15, -0.1) is 11.6 Å². The van der Waals surface area contributed by atoms with Crippen molar-refractivity contribution in [2.24, 2.45) is 0 Å². The number of nitrogens with zero attached hydrogens (tertiary/aromatic N) is 3. The van der Waals surface area contributed by atoms with Crippen LogP contribution in [-0.2, 0) is 6.54 Å². The number of aromatic nitrogens is 2. The van der Waals surface area contributed by atoms with Crippen molar-refractivity contribution in [2.45, 2.75) is 25.8 Å². The SMILES string of the molecule is Cc1c(Cn2cc(C(C)Cl)cn2)cccc1[N+](=O)[O-]. The number of hydrogen-bond acceptors (Lipinski definition) is 3. The molecule has 0 fully saturated rings. The first kappa shape index (κ1) is 13.5. The molecule has 6 heteroatoms. The lowest BCUT2D eigenvalue weighted by Crippen LogP contribution is -2.03. The summed E-state index contributed by atoms with van der Waals surface area (Å²) in [6.45, 7) is 4.13. The fourth-order valence-corrected chi connectivity index (χ4v) is 2.00. The number of benzene rings is 1. The Morgan fingerprint density at radius 2 is 2.26 bits per heavy atom. The van der Waals surface area contributed by atoms with Gasteiger partial charge in [-0.25, -0.2) is 0 Å². The first-order chi connectivity index (χ1) is 8.99. The van der Waals surface area contributed by atoms with Gasteiger partial charge in [-0.05, 0) is 19.4 Å². The third-order valence-corrected chi connectivity index (χ3v) is 3.31. The molecule has 0 saturated carbocycles. The first-order valence-electron chi connectivity index (χ1n) is 5.88. The van der Waals surface area contributed by atoms with Crippen LogP contribution in [0.15, 0.2) is 30.6 Å². The summed E-state index contributed by atoms with van der Waals surface area (Å²) in [4.78, 5) is 10.5. The van der Waals surface area contributed by atoms with Gasteiger partial charge >= 0.3 is 0 Å². The van der Waals surface area contributed by atoms with Crippen molar-refractivity contribution in [1.29, 1.82) is 0 Å². The minimum atomic E-state index is -0.367. The van der Waals surface area contributed by atoms with E-state index in [0.717, 1.165) is 11.1 Å². The molecule has 0 amide bonds. The van der Waals surface area contributed by atoms with Gasteiger partial charge in [-0.3, -0.25) is 14.8 Å². The quantitative estimate of drug-likeness (QED) is 0.489. The van der Waals surface area contributed by atoms with Crippen LogP contribution in [0, 0.1) is 17.0 Å². The van der Waals surface area contributed by atoms with Gasteiger partial charge in [0.15, 0.2) is 0 Å². The average molecular weight is 280 g/mol. The summed E-state index contributed by atoms with van der Waals surface area (Å²) >= 11 is 5.97. The Kier molecular flexibility index (Phi) is 3.85. The van der Waals surface area contributed by atoms with Gasteiger partial charge in [-0.2, -0.15) is 5.10 Å². The van der Waals surface area contributed by atoms with E-state index in [1.54, 1.807) is 23.9 Å². The Bertz CT molecular complexity index is 608. The number of nitro benzene ring substituents is 1. The molecule has 0 spiro atoms. The van der Waals surface area contributed by atoms with Crippen LogP contribution >= 0.6 is 11.6 Å². The molecule has 0 aliphatic heterocycles. The molecule has 2 rings (SSSR count). The van der Waals surface area contributed by atoms with E-state index in [0.29, 0.717) is 12.1 Å². The molecular formula is C13H14ClN3O2. The predicted octanol–water partition coefficient (Wildman–Crippen LogP) is 3.45. The maximum absolute atomic E-state index is 10.9. The zero-order valence-electron chi connectivity index (χ0n) is 10.7. The molecule has 1 unspecified atom stereocenters. The molecule has 0 aliphatic rings. The highest BCUT2D eigenvalue weighted by Crippen LogP contribution is 2.23. The van der Waals surface area contributed by atoms with Crippen molar-refractivity contribution in [1.82, 2.24) is 9.78 Å². The molecule has 19 heavy (non-hydrogen) atoms. The topological polar surface area (TPSA) is 61.0 Å². The standard InChI is InChI=1S/C13H14ClN3O2/c1-9-11(4-3-5-13(9)17(18)19)7-16-8-12(6-15-16)10(2)14/h3-6,8,10H,7H2,1-2H3. The van der Waals surface area contributed by atoms with Crippen molar-refractivity contribution in [3.05, 3.63) is 57.4 Å². The highest BCUT2D eigenvalue weighted by molar-refractivity contribution is 6.20. The summed E-state index contributed by atoms with van der Waals surface area (Å²) in [5.74, 6) is 0. The Hall–Kier alpha value is -1.88. The van der Waals surface area contributed by atoms with Crippen LogP contribution in [0.25, 0.3) is 0 Å². The number of nitro groups is 1. The highest BCUT2D eigenvalue weighted by atomic mass is 35.5. The second-order valence-corrected chi connectivity index (χ2v) is 5.06. The molecule has 0 saturated heterocycles. The average Bonchev–Trinajstić information content (AvgIpc) is 2.80. The maximum Gasteiger partial charge on any atom is 0.272 e. The van der Waals surface area contributed by atoms with E-state index in [1.807, 2.05) is 19.2 Å². The first-order valence-corrected chi connectivity index (χ1v) is 6.32. The third-order valence-electron chi connectivity index (χ3n) is 3.06. The predicted molar refractivity (Wildman–Crippen MR) is 73.4 cm³/mol. The normalized spacial score (nSPS) is 12.4. The van der Waals surface area contributed by atoms with Crippen molar-refractivity contribution >= 4 is 17.3 Å². The molecule has 100 valence electrons. The number of hydrogen-bond donors (Lipinski definition) is 0. The lowest BCUT2D eigenvalue weighted by molar-refractivity contribution is -0.385. The second kappa shape index (κ2) is 5.40. The minimum absolute atomic E-state index is 0.0973. The van der Waals surface area contributed by atoms with Crippen LogP contribution < -0.4 is 0 Å². The van der Waals surface area contributed by atoms with Gasteiger partial charge in [0, 0.05) is 23.4 Å². The fraction of sp³-hybridized carbons (Fsp3) is 0.308. The molecule has 1 atom stereocenters. The summed E-state index contributed by atoms with van der Waals surface area (Å²) in [6.07, 6.45) is 3.57. The largest absolute Gasteiger partial charge is 0.272 e. The maximum atomic E-state index is 10.9. The van der Waals surface area contributed by atoms with Crippen molar-refractivity contribution < 1.29 is 4.92 Å². The van der Waals surface area contributed by atoms with Crippen LogP contribution in [0.2, 0.25) is 0 Å². The van der Waals surface area contributed by atoms with Crippen LogP contribution in [-0.4, -0.2) is 14.7 Å². The van der Waals surface area contributed by atoms with E-state index >= 15 is 0 Å². The van der Waals surface area contributed by atoms with Crippen LogP contribution in [0.3, 0.4) is 0 Å². The van der Waals surface area contributed by atoms with Gasteiger partial charge in [0.05, 0.1) is 23.0 Å². The molecular weight excluding hydrogens is 266 g/mol. The molecule has 1 aromatic carbocycles. The van der Waals surface area contributed by atoms with Gasteiger partial charge in [-0.1, -0.05) is 12.1 Å².